The van der Waals surface area contributed by atoms with Crippen LogP contribution < -0.4 is 10.5 Å². The van der Waals surface area contributed by atoms with E-state index in [1.807, 2.05) is 0 Å². The normalized spacial score (nSPS) is 10.1. The maximum Gasteiger partial charge on any atom is 0.250 e. The topological polar surface area (TPSA) is 82.3 Å². The summed E-state index contributed by atoms with van der Waals surface area (Å²) in [6.45, 7) is 0. The summed E-state index contributed by atoms with van der Waals surface area (Å²) < 4.78 is 32.1. The van der Waals surface area contributed by atoms with Gasteiger partial charge in [-0.1, -0.05) is 0 Å². The molecule has 20 heavy (non-hydrogen) atoms. The van der Waals surface area contributed by atoms with Gasteiger partial charge in [0, 0.05) is 17.8 Å². The van der Waals surface area contributed by atoms with E-state index in [2.05, 4.69) is 4.98 Å². The first-order valence-electron chi connectivity index (χ1n) is 5.39. The lowest BCUT2D eigenvalue weighted by atomic mass is 10.2. The van der Waals surface area contributed by atoms with Gasteiger partial charge in [0.05, 0.1) is 5.56 Å². The molecule has 102 valence electrons. The lowest BCUT2D eigenvalue weighted by molar-refractivity contribution is 0.0999. The van der Waals surface area contributed by atoms with Crippen molar-refractivity contribution in [2.45, 2.75) is 0 Å². The van der Waals surface area contributed by atoms with Crippen LogP contribution in [-0.4, -0.2) is 17.2 Å². The molecule has 0 aliphatic heterocycles. The number of benzene rings is 1. The van der Waals surface area contributed by atoms with E-state index < -0.39 is 23.3 Å². The Morgan fingerprint density at radius 1 is 1.25 bits per heavy atom. The molecule has 1 aromatic carbocycles. The Bertz CT molecular complexity index is 649. The molecule has 2 rings (SSSR count). The van der Waals surface area contributed by atoms with Gasteiger partial charge in [0.1, 0.15) is 6.29 Å². The second-order valence-corrected chi connectivity index (χ2v) is 3.78. The predicted molar refractivity (Wildman–Crippen MR) is 64.6 cm³/mol. The van der Waals surface area contributed by atoms with Crippen LogP contribution in [0.2, 0.25) is 0 Å². The molecule has 0 aliphatic rings. The zero-order chi connectivity index (χ0) is 14.7. The molecule has 0 atom stereocenters. The summed E-state index contributed by atoms with van der Waals surface area (Å²) in [4.78, 5) is 25.0. The average molecular weight is 278 g/mol. The quantitative estimate of drug-likeness (QED) is 0.868. The van der Waals surface area contributed by atoms with Gasteiger partial charge in [-0.3, -0.25) is 9.59 Å². The molecule has 5 nitrogen and oxygen atoms in total. The molecular weight excluding hydrogens is 270 g/mol. The third-order valence-corrected chi connectivity index (χ3v) is 2.38. The number of ether oxygens (including phenoxy) is 1. The highest BCUT2D eigenvalue weighted by Crippen LogP contribution is 2.27. The number of aromatic nitrogens is 1. The van der Waals surface area contributed by atoms with Crippen molar-refractivity contribution in [2.75, 3.05) is 0 Å². The van der Waals surface area contributed by atoms with Crippen molar-refractivity contribution in [2.24, 2.45) is 5.73 Å². The summed E-state index contributed by atoms with van der Waals surface area (Å²) in [5, 5.41) is 0. The zero-order valence-corrected chi connectivity index (χ0v) is 9.97. The first-order chi connectivity index (χ1) is 9.51. The first-order valence-corrected chi connectivity index (χ1v) is 5.39. The number of aldehydes is 1. The number of halogens is 2. The van der Waals surface area contributed by atoms with Crippen molar-refractivity contribution in [3.63, 3.8) is 0 Å². The highest BCUT2D eigenvalue weighted by Gasteiger charge is 2.14. The second-order valence-electron chi connectivity index (χ2n) is 3.78. The number of nitrogens with zero attached hydrogens (tertiary/aromatic N) is 1. The van der Waals surface area contributed by atoms with Gasteiger partial charge >= 0.3 is 0 Å². The minimum atomic E-state index is -1.03. The van der Waals surface area contributed by atoms with Crippen LogP contribution in [0.5, 0.6) is 11.6 Å². The molecule has 0 radical (unpaired) electrons. The summed E-state index contributed by atoms with van der Waals surface area (Å²) in [5.41, 5.74) is 5.01. The molecule has 0 bridgehead atoms. The molecule has 1 amide bonds. The molecule has 7 heteroatoms. The van der Waals surface area contributed by atoms with E-state index >= 15 is 0 Å². The lowest BCUT2D eigenvalue weighted by Gasteiger charge is -2.07. The Morgan fingerprint density at radius 3 is 2.35 bits per heavy atom. The number of hydrogen-bond acceptors (Lipinski definition) is 4. The molecule has 0 saturated carbocycles. The number of primary amides is 1. The molecule has 0 saturated heterocycles. The predicted octanol–water partition coefficient (Wildman–Crippen LogP) is 2.06. The third-order valence-electron chi connectivity index (χ3n) is 2.38. The average Bonchev–Trinajstić information content (AvgIpc) is 2.43. The fraction of sp³-hybridized carbons (Fsp3) is 0. The second kappa shape index (κ2) is 5.43. The Balaban J connectivity index is 2.30. The van der Waals surface area contributed by atoms with E-state index in [0.717, 1.165) is 18.3 Å². The van der Waals surface area contributed by atoms with Gasteiger partial charge in [-0.15, -0.1) is 0 Å². The van der Waals surface area contributed by atoms with E-state index in [9.17, 15) is 18.4 Å². The summed E-state index contributed by atoms with van der Waals surface area (Å²) in [6.07, 6.45) is 1.43. The number of rotatable bonds is 4. The Labute approximate surface area is 112 Å². The van der Waals surface area contributed by atoms with Crippen molar-refractivity contribution < 1.29 is 23.1 Å². The Morgan fingerprint density at radius 2 is 1.90 bits per heavy atom. The van der Waals surface area contributed by atoms with Gasteiger partial charge in [-0.05, 0) is 18.2 Å². The van der Waals surface area contributed by atoms with Crippen LogP contribution in [0.15, 0.2) is 30.5 Å². The molecule has 1 heterocycles. The van der Waals surface area contributed by atoms with E-state index in [1.54, 1.807) is 0 Å². The summed E-state index contributed by atoms with van der Waals surface area (Å²) in [5.74, 6) is -3.56. The van der Waals surface area contributed by atoms with E-state index in [1.165, 1.54) is 12.1 Å². The molecule has 0 aliphatic carbocycles. The molecule has 2 N–H and O–H groups in total. The van der Waals surface area contributed by atoms with Crippen LogP contribution in [-0.2, 0) is 0 Å². The smallest absolute Gasteiger partial charge is 0.250 e. The highest BCUT2D eigenvalue weighted by molar-refractivity contribution is 5.92. The third kappa shape index (κ3) is 2.77. The van der Waals surface area contributed by atoms with Gasteiger partial charge in [0.25, 0.3) is 0 Å². The number of nitrogens with two attached hydrogens (primary N) is 1. The number of hydrogen-bond donors (Lipinski definition) is 1. The van der Waals surface area contributed by atoms with Crippen molar-refractivity contribution in [3.05, 3.63) is 53.2 Å². The number of carbonyl (C=O) groups is 2. The number of pyridine rings is 1. The van der Waals surface area contributed by atoms with Crippen molar-refractivity contribution >= 4 is 12.2 Å². The maximum atomic E-state index is 13.6. The number of amides is 1. The van der Waals surface area contributed by atoms with Crippen LogP contribution in [0.3, 0.4) is 0 Å². The number of carbonyl (C=O) groups excluding carboxylic acids is 2. The summed E-state index contributed by atoms with van der Waals surface area (Å²) in [6, 6.07) is 4.22. The van der Waals surface area contributed by atoms with Crippen molar-refractivity contribution in [1.29, 1.82) is 0 Å². The van der Waals surface area contributed by atoms with Gasteiger partial charge < -0.3 is 10.5 Å². The highest BCUT2D eigenvalue weighted by atomic mass is 19.1. The monoisotopic (exact) mass is 278 g/mol. The van der Waals surface area contributed by atoms with E-state index in [4.69, 9.17) is 10.5 Å². The Hall–Kier alpha value is -2.83. The first kappa shape index (κ1) is 13.6. The van der Waals surface area contributed by atoms with Crippen LogP contribution in [0.1, 0.15) is 20.7 Å². The Kier molecular flexibility index (Phi) is 3.69. The van der Waals surface area contributed by atoms with Gasteiger partial charge in [-0.2, -0.15) is 0 Å². The van der Waals surface area contributed by atoms with Gasteiger partial charge in [0.2, 0.25) is 17.5 Å². The lowest BCUT2D eigenvalue weighted by Crippen LogP contribution is -2.11. The molecule has 2 aromatic rings. The molecule has 0 fully saturated rings. The standard InChI is InChI=1S/C13H8F2N2O3/c14-9-3-7(6-18)4-10(15)12(9)20-11-2-1-8(5-17-11)13(16)19/h1-6H,(H2,16,19). The van der Waals surface area contributed by atoms with Crippen molar-refractivity contribution in [3.8, 4) is 11.6 Å². The SMILES string of the molecule is NC(=O)c1ccc(Oc2c(F)cc(C=O)cc2F)nc1. The molecule has 1 aromatic heterocycles. The summed E-state index contributed by atoms with van der Waals surface area (Å²) >= 11 is 0. The fourth-order valence-electron chi connectivity index (χ4n) is 1.44. The molecule has 0 unspecified atom stereocenters. The fourth-order valence-corrected chi connectivity index (χ4v) is 1.44. The van der Waals surface area contributed by atoms with Gasteiger partial charge in [0.15, 0.2) is 11.6 Å². The zero-order valence-electron chi connectivity index (χ0n) is 9.97. The molecule has 0 spiro atoms. The minimum absolute atomic E-state index is 0.119. The van der Waals surface area contributed by atoms with Gasteiger partial charge in [-0.25, -0.2) is 13.8 Å². The van der Waals surface area contributed by atoms with Crippen LogP contribution in [0.25, 0.3) is 0 Å². The van der Waals surface area contributed by atoms with E-state index in [-0.39, 0.29) is 17.0 Å². The van der Waals surface area contributed by atoms with Crippen molar-refractivity contribution in [1.82, 2.24) is 4.98 Å². The largest absolute Gasteiger partial charge is 0.433 e. The van der Waals surface area contributed by atoms with Crippen LogP contribution in [0, 0.1) is 11.6 Å². The van der Waals surface area contributed by atoms with Crippen LogP contribution in [0.4, 0.5) is 8.78 Å². The maximum absolute atomic E-state index is 13.6. The van der Waals surface area contributed by atoms with Crippen LogP contribution >= 0.6 is 0 Å². The molecular formula is C13H8F2N2O3. The van der Waals surface area contributed by atoms with E-state index in [0.29, 0.717) is 6.29 Å². The minimum Gasteiger partial charge on any atom is -0.433 e. The summed E-state index contributed by atoms with van der Waals surface area (Å²) in [7, 11) is 0.